The molecule has 7 nitrogen and oxygen atoms in total. The summed E-state index contributed by atoms with van der Waals surface area (Å²) in [6, 6.07) is 8.36. The zero-order valence-corrected chi connectivity index (χ0v) is 15.1. The Kier molecular flexibility index (Phi) is 8.44. The number of aliphatic hydroxyl groups is 1. The molecule has 0 spiro atoms. The molecule has 2 amide bonds. The fraction of sp³-hybridized carbons (Fsp3) is 0.471. The third-order valence-corrected chi connectivity index (χ3v) is 4.18. The highest BCUT2D eigenvalue weighted by Crippen LogP contribution is 2.05. The van der Waals surface area contributed by atoms with Crippen LogP contribution in [0.25, 0.3) is 0 Å². The van der Waals surface area contributed by atoms with Crippen molar-refractivity contribution < 1.29 is 24.6 Å². The molecular formula is C17H24N2O5S. The number of carboxylic acid groups (broad SMARTS) is 1. The number of carboxylic acids is 1. The Labute approximate surface area is 151 Å². The van der Waals surface area contributed by atoms with Crippen molar-refractivity contribution in [3.05, 3.63) is 35.9 Å². The summed E-state index contributed by atoms with van der Waals surface area (Å²) in [5, 5.41) is 23.6. The van der Waals surface area contributed by atoms with Gasteiger partial charge in [-0.05, 0) is 30.9 Å². The van der Waals surface area contributed by atoms with E-state index in [1.54, 1.807) is 0 Å². The van der Waals surface area contributed by atoms with Crippen LogP contribution in [0.1, 0.15) is 18.9 Å². The van der Waals surface area contributed by atoms with E-state index in [0.717, 1.165) is 12.5 Å². The molecule has 0 aliphatic carbocycles. The van der Waals surface area contributed by atoms with E-state index < -0.39 is 30.1 Å². The van der Waals surface area contributed by atoms with Crippen LogP contribution in [0.2, 0.25) is 0 Å². The molecule has 0 saturated heterocycles. The molecule has 2 atom stereocenters. The van der Waals surface area contributed by atoms with Crippen LogP contribution in [-0.2, 0) is 20.8 Å². The Morgan fingerprint density at radius 3 is 2.44 bits per heavy atom. The first-order valence-corrected chi connectivity index (χ1v) is 9.21. The first-order valence-electron chi connectivity index (χ1n) is 7.82. The van der Waals surface area contributed by atoms with E-state index in [1.165, 1.54) is 11.8 Å². The van der Waals surface area contributed by atoms with Gasteiger partial charge in [-0.1, -0.05) is 30.3 Å². The molecule has 8 heteroatoms. The van der Waals surface area contributed by atoms with Gasteiger partial charge in [-0.2, -0.15) is 11.8 Å². The number of amides is 2. The molecule has 0 aromatic heterocycles. The fourth-order valence-electron chi connectivity index (χ4n) is 1.99. The van der Waals surface area contributed by atoms with E-state index in [0.29, 0.717) is 12.2 Å². The summed E-state index contributed by atoms with van der Waals surface area (Å²) < 4.78 is 0. The molecule has 0 bridgehead atoms. The summed E-state index contributed by atoms with van der Waals surface area (Å²) in [6.45, 7) is 0.659. The molecule has 0 aliphatic heterocycles. The van der Waals surface area contributed by atoms with Gasteiger partial charge in [0.1, 0.15) is 6.04 Å². The van der Waals surface area contributed by atoms with Gasteiger partial charge in [0.2, 0.25) is 11.8 Å². The van der Waals surface area contributed by atoms with Gasteiger partial charge in [-0.15, -0.1) is 0 Å². The predicted octanol–water partition coefficient (Wildman–Crippen LogP) is 0.419. The number of nitrogens with one attached hydrogen (secondary N) is 2. The average molecular weight is 368 g/mol. The summed E-state index contributed by atoms with van der Waals surface area (Å²) in [5.41, 5.74) is -1.23. The first-order chi connectivity index (χ1) is 11.8. The number of hydrogen-bond donors (Lipinski definition) is 4. The van der Waals surface area contributed by atoms with E-state index in [2.05, 4.69) is 10.6 Å². The van der Waals surface area contributed by atoms with Crippen molar-refractivity contribution in [3.63, 3.8) is 0 Å². The minimum atomic E-state index is -2.06. The predicted molar refractivity (Wildman–Crippen MR) is 96.3 cm³/mol. The van der Waals surface area contributed by atoms with Gasteiger partial charge >= 0.3 is 5.97 Å². The maximum atomic E-state index is 12.3. The SMILES string of the molecule is CSCCC(NC(=O)Cc1ccccc1)C(=O)NCC(C)(O)C(=O)O. The molecule has 4 N–H and O–H groups in total. The zero-order valence-electron chi connectivity index (χ0n) is 14.3. The fourth-order valence-corrected chi connectivity index (χ4v) is 2.46. The summed E-state index contributed by atoms with van der Waals surface area (Å²) in [6.07, 6.45) is 2.44. The Bertz CT molecular complexity index is 592. The van der Waals surface area contributed by atoms with Crippen molar-refractivity contribution in [2.75, 3.05) is 18.6 Å². The highest BCUT2D eigenvalue weighted by atomic mass is 32.2. The minimum Gasteiger partial charge on any atom is -0.479 e. The van der Waals surface area contributed by atoms with Crippen LogP contribution in [0.15, 0.2) is 30.3 Å². The lowest BCUT2D eigenvalue weighted by molar-refractivity contribution is -0.156. The second-order valence-electron chi connectivity index (χ2n) is 5.86. The lowest BCUT2D eigenvalue weighted by Gasteiger charge is -2.22. The van der Waals surface area contributed by atoms with E-state index >= 15 is 0 Å². The molecule has 0 saturated carbocycles. The molecule has 1 rings (SSSR count). The topological polar surface area (TPSA) is 116 Å². The first kappa shape index (κ1) is 21.0. The molecule has 2 unspecified atom stereocenters. The number of aliphatic carboxylic acids is 1. The molecule has 1 aromatic rings. The Morgan fingerprint density at radius 2 is 1.88 bits per heavy atom. The van der Waals surface area contributed by atoms with Crippen LogP contribution < -0.4 is 10.6 Å². The molecule has 0 fully saturated rings. The Balaban J connectivity index is 2.64. The Hall–Kier alpha value is -2.06. The lowest BCUT2D eigenvalue weighted by atomic mass is 10.1. The number of thioether (sulfide) groups is 1. The van der Waals surface area contributed by atoms with Gasteiger partial charge in [-0.25, -0.2) is 4.79 Å². The molecular weight excluding hydrogens is 344 g/mol. The number of rotatable bonds is 10. The summed E-state index contributed by atoms with van der Waals surface area (Å²) in [4.78, 5) is 35.3. The van der Waals surface area contributed by atoms with Gasteiger partial charge < -0.3 is 20.8 Å². The molecule has 0 radical (unpaired) electrons. The zero-order chi connectivity index (χ0) is 18.9. The third kappa shape index (κ3) is 7.57. The van der Waals surface area contributed by atoms with E-state index in [9.17, 15) is 19.5 Å². The second-order valence-corrected chi connectivity index (χ2v) is 6.85. The quantitative estimate of drug-likeness (QED) is 0.476. The van der Waals surface area contributed by atoms with Gasteiger partial charge in [0, 0.05) is 0 Å². The average Bonchev–Trinajstić information content (AvgIpc) is 2.57. The molecule has 1 aromatic carbocycles. The highest BCUT2D eigenvalue weighted by Gasteiger charge is 2.31. The van der Waals surface area contributed by atoms with E-state index in [1.807, 2.05) is 36.6 Å². The van der Waals surface area contributed by atoms with Crippen molar-refractivity contribution in [1.82, 2.24) is 10.6 Å². The van der Waals surface area contributed by atoms with Crippen molar-refractivity contribution >= 4 is 29.5 Å². The standard InChI is InChI=1S/C17H24N2O5S/c1-17(24,16(22)23)11-18-15(21)13(8-9-25-2)19-14(20)10-12-6-4-3-5-7-12/h3-7,13,24H,8-11H2,1-2H3,(H,18,21)(H,19,20)(H,22,23). The van der Waals surface area contributed by atoms with Gasteiger partial charge in [0.15, 0.2) is 5.60 Å². The number of benzene rings is 1. The second kappa shape index (κ2) is 10.0. The van der Waals surface area contributed by atoms with Crippen molar-refractivity contribution in [2.24, 2.45) is 0 Å². The normalized spacial score (nSPS) is 14.2. The molecule has 138 valence electrons. The highest BCUT2D eigenvalue weighted by molar-refractivity contribution is 7.98. The van der Waals surface area contributed by atoms with Gasteiger partial charge in [0.05, 0.1) is 13.0 Å². The number of carbonyl (C=O) groups is 3. The van der Waals surface area contributed by atoms with E-state index in [4.69, 9.17) is 5.11 Å². The number of carbonyl (C=O) groups excluding carboxylic acids is 2. The molecule has 0 heterocycles. The van der Waals surface area contributed by atoms with Crippen LogP contribution in [0.5, 0.6) is 0 Å². The maximum absolute atomic E-state index is 12.3. The van der Waals surface area contributed by atoms with Crippen molar-refractivity contribution in [2.45, 2.75) is 31.4 Å². The Morgan fingerprint density at radius 1 is 1.24 bits per heavy atom. The summed E-state index contributed by atoms with van der Waals surface area (Å²) in [7, 11) is 0. The van der Waals surface area contributed by atoms with Crippen LogP contribution in [-0.4, -0.2) is 58.2 Å². The van der Waals surface area contributed by atoms with Gasteiger partial charge in [0.25, 0.3) is 0 Å². The van der Waals surface area contributed by atoms with E-state index in [-0.39, 0.29) is 12.3 Å². The van der Waals surface area contributed by atoms with Gasteiger partial charge in [-0.3, -0.25) is 9.59 Å². The summed E-state index contributed by atoms with van der Waals surface area (Å²) >= 11 is 1.53. The maximum Gasteiger partial charge on any atom is 0.337 e. The molecule has 0 aliphatic rings. The largest absolute Gasteiger partial charge is 0.479 e. The third-order valence-electron chi connectivity index (χ3n) is 3.54. The smallest absolute Gasteiger partial charge is 0.337 e. The van der Waals surface area contributed by atoms with Crippen LogP contribution >= 0.6 is 11.8 Å². The van der Waals surface area contributed by atoms with Crippen LogP contribution in [0.3, 0.4) is 0 Å². The number of hydrogen-bond acceptors (Lipinski definition) is 5. The summed E-state index contributed by atoms with van der Waals surface area (Å²) in [5.74, 6) is -1.59. The monoisotopic (exact) mass is 368 g/mol. The minimum absolute atomic E-state index is 0.150. The lowest BCUT2D eigenvalue weighted by Crippen LogP contribution is -2.52. The van der Waals surface area contributed by atoms with Crippen molar-refractivity contribution in [1.29, 1.82) is 0 Å². The van der Waals surface area contributed by atoms with Crippen LogP contribution in [0.4, 0.5) is 0 Å². The van der Waals surface area contributed by atoms with Crippen molar-refractivity contribution in [3.8, 4) is 0 Å². The van der Waals surface area contributed by atoms with Crippen LogP contribution in [0, 0.1) is 0 Å². The molecule has 25 heavy (non-hydrogen) atoms.